The number of carboxylic acids is 1. The Labute approximate surface area is 217 Å². The van der Waals surface area contributed by atoms with Gasteiger partial charge in [-0.3, -0.25) is 4.79 Å². The zero-order valence-corrected chi connectivity index (χ0v) is 22.0. The Bertz CT molecular complexity index is 996. The maximum Gasteiger partial charge on any atom is 0.326 e. The van der Waals surface area contributed by atoms with Gasteiger partial charge in [-0.1, -0.05) is 94.6 Å². The number of H-pyrrole nitrogens is 1. The Kier molecular flexibility index (Phi) is 14.9. The lowest BCUT2D eigenvalue weighted by Crippen LogP contribution is -2.41. The van der Waals surface area contributed by atoms with Crippen LogP contribution in [0.3, 0.4) is 0 Å². The first kappa shape index (κ1) is 29.2. The number of hydrogen-bond donors (Lipinski definition) is 3. The quantitative estimate of drug-likeness (QED) is 0.116. The fourth-order valence-corrected chi connectivity index (χ4v) is 4.34. The monoisotopic (exact) mass is 492 g/mol. The van der Waals surface area contributed by atoms with Crippen LogP contribution in [-0.2, 0) is 16.0 Å². The van der Waals surface area contributed by atoms with Gasteiger partial charge in [0.15, 0.2) is 0 Å². The van der Waals surface area contributed by atoms with Crippen molar-refractivity contribution in [2.24, 2.45) is 0 Å². The maximum atomic E-state index is 12.1. The summed E-state index contributed by atoms with van der Waals surface area (Å²) in [4.78, 5) is 26.9. The van der Waals surface area contributed by atoms with Gasteiger partial charge in [0.05, 0.1) is 0 Å². The van der Waals surface area contributed by atoms with E-state index >= 15 is 0 Å². The van der Waals surface area contributed by atoms with Gasteiger partial charge in [-0.15, -0.1) is 0 Å². The zero-order valence-electron chi connectivity index (χ0n) is 22.0. The second kappa shape index (κ2) is 18.3. The molecule has 0 saturated carbocycles. The highest BCUT2D eigenvalue weighted by Crippen LogP contribution is 2.19. The molecule has 0 aliphatic heterocycles. The average Bonchev–Trinajstić information content (AvgIpc) is 3.28. The Morgan fingerprint density at radius 1 is 0.944 bits per heavy atom. The van der Waals surface area contributed by atoms with Crippen LogP contribution in [0.5, 0.6) is 0 Å². The molecule has 0 aliphatic rings. The Hall–Kier alpha value is -3.00. The summed E-state index contributed by atoms with van der Waals surface area (Å²) >= 11 is 0. The topological polar surface area (TPSA) is 82.2 Å². The van der Waals surface area contributed by atoms with Crippen LogP contribution in [0.15, 0.2) is 42.6 Å². The van der Waals surface area contributed by atoms with Gasteiger partial charge in [0, 0.05) is 29.9 Å². The molecule has 0 aliphatic carbocycles. The number of hydrogen-bond acceptors (Lipinski definition) is 2. The van der Waals surface area contributed by atoms with Crippen LogP contribution >= 0.6 is 0 Å². The van der Waals surface area contributed by atoms with Gasteiger partial charge in [-0.05, 0) is 49.7 Å². The van der Waals surface area contributed by atoms with Crippen molar-refractivity contribution in [2.75, 3.05) is 0 Å². The molecular weight excluding hydrogens is 448 g/mol. The molecule has 0 bridgehead atoms. The fraction of sp³-hybridized carbons (Fsp3) is 0.548. The van der Waals surface area contributed by atoms with Crippen molar-refractivity contribution in [1.29, 1.82) is 0 Å². The summed E-state index contributed by atoms with van der Waals surface area (Å²) in [6, 6.07) is 6.70. The minimum absolute atomic E-state index is 0.209. The smallest absolute Gasteiger partial charge is 0.326 e. The molecule has 1 aromatic carbocycles. The molecule has 3 N–H and O–H groups in total. The number of allylic oxidation sites excluding steroid dienone is 2. The average molecular weight is 493 g/mol. The van der Waals surface area contributed by atoms with Crippen molar-refractivity contribution >= 4 is 22.8 Å². The molecule has 196 valence electrons. The zero-order chi connectivity index (χ0) is 25.8. The number of aromatic amines is 1. The number of rotatable bonds is 18. The molecular formula is C31H44N2O3. The number of unbranched alkanes of at least 4 members (excludes halogenated alkanes) is 12. The molecule has 0 saturated heterocycles. The lowest BCUT2D eigenvalue weighted by Gasteiger charge is -2.12. The third-order valence-corrected chi connectivity index (χ3v) is 6.47. The first-order chi connectivity index (χ1) is 17.6. The van der Waals surface area contributed by atoms with Gasteiger partial charge in [0.2, 0.25) is 0 Å². The standard InChI is InChI=1S/C31H44N2O3/c1-2-3-4-5-6-7-8-9-10-11-12-13-14-15-16-17-18-23-30(34)33-29(31(35)36)24-26-25-32-28-22-20-19-21-27(26)28/h9-10,19-22,25,29,32H,2-8,11-17,24H2,1H3,(H,33,34)(H,35,36)/t29-/m0/s1. The Morgan fingerprint density at radius 3 is 2.28 bits per heavy atom. The Morgan fingerprint density at radius 2 is 1.58 bits per heavy atom. The van der Waals surface area contributed by atoms with Crippen LogP contribution in [0.4, 0.5) is 0 Å². The van der Waals surface area contributed by atoms with Crippen LogP contribution < -0.4 is 5.32 Å². The van der Waals surface area contributed by atoms with Gasteiger partial charge >= 0.3 is 5.97 Å². The van der Waals surface area contributed by atoms with Gasteiger partial charge < -0.3 is 15.4 Å². The van der Waals surface area contributed by atoms with E-state index < -0.39 is 17.9 Å². The number of aromatic nitrogens is 1. The SMILES string of the molecule is CCCCCCCCC=CCCCCCCCC#CC(=O)N[C@@H](Cc1c[nH]c2ccccc12)C(=O)O. The third kappa shape index (κ3) is 12.1. The highest BCUT2D eigenvalue weighted by atomic mass is 16.4. The van der Waals surface area contributed by atoms with E-state index in [2.05, 4.69) is 41.2 Å². The second-order valence-electron chi connectivity index (χ2n) is 9.56. The van der Waals surface area contributed by atoms with Gasteiger partial charge in [-0.2, -0.15) is 0 Å². The predicted molar refractivity (Wildman–Crippen MR) is 149 cm³/mol. The number of amides is 1. The molecule has 0 spiro atoms. The van der Waals surface area contributed by atoms with E-state index in [0.29, 0.717) is 6.42 Å². The minimum Gasteiger partial charge on any atom is -0.480 e. The van der Waals surface area contributed by atoms with Crippen molar-refractivity contribution in [3.05, 3.63) is 48.2 Å². The lowest BCUT2D eigenvalue weighted by molar-refractivity contribution is -0.141. The van der Waals surface area contributed by atoms with E-state index in [1.54, 1.807) is 6.20 Å². The number of carbonyl (C=O) groups excluding carboxylic acids is 1. The molecule has 2 rings (SSSR count). The molecule has 2 aromatic rings. The molecule has 1 amide bonds. The molecule has 0 unspecified atom stereocenters. The van der Waals surface area contributed by atoms with E-state index in [4.69, 9.17) is 0 Å². The van der Waals surface area contributed by atoms with E-state index in [9.17, 15) is 14.7 Å². The summed E-state index contributed by atoms with van der Waals surface area (Å²) in [6.07, 6.45) is 23.6. The molecule has 1 atom stereocenters. The lowest BCUT2D eigenvalue weighted by atomic mass is 10.0. The first-order valence-electron chi connectivity index (χ1n) is 13.8. The number of carboxylic acid groups (broad SMARTS) is 1. The molecule has 5 heteroatoms. The van der Waals surface area contributed by atoms with E-state index in [1.807, 2.05) is 24.3 Å². The number of fused-ring (bicyclic) bond motifs is 1. The van der Waals surface area contributed by atoms with Gasteiger partial charge in [-0.25, -0.2) is 4.79 Å². The molecule has 36 heavy (non-hydrogen) atoms. The van der Waals surface area contributed by atoms with Crippen LogP contribution in [-0.4, -0.2) is 28.0 Å². The summed E-state index contributed by atoms with van der Waals surface area (Å²) in [7, 11) is 0. The molecule has 0 fully saturated rings. The summed E-state index contributed by atoms with van der Waals surface area (Å²) in [5.41, 5.74) is 1.81. The second-order valence-corrected chi connectivity index (χ2v) is 9.56. The molecule has 1 heterocycles. The van der Waals surface area contributed by atoms with Crippen molar-refractivity contribution < 1.29 is 14.7 Å². The first-order valence-corrected chi connectivity index (χ1v) is 13.8. The van der Waals surface area contributed by atoms with Crippen LogP contribution in [0.2, 0.25) is 0 Å². The number of carbonyl (C=O) groups is 2. The minimum atomic E-state index is -1.06. The Balaban J connectivity index is 1.52. The van der Waals surface area contributed by atoms with Crippen molar-refractivity contribution in [3.63, 3.8) is 0 Å². The summed E-state index contributed by atoms with van der Waals surface area (Å²) in [5.74, 6) is 3.85. The third-order valence-electron chi connectivity index (χ3n) is 6.47. The normalized spacial score (nSPS) is 11.9. The van der Waals surface area contributed by atoms with E-state index in [0.717, 1.165) is 29.3 Å². The molecule has 1 aromatic heterocycles. The van der Waals surface area contributed by atoms with Gasteiger partial charge in [0.25, 0.3) is 5.91 Å². The molecule has 0 radical (unpaired) electrons. The number of benzene rings is 1. The van der Waals surface area contributed by atoms with Crippen LogP contribution in [0.25, 0.3) is 10.9 Å². The van der Waals surface area contributed by atoms with E-state index in [-0.39, 0.29) is 6.42 Å². The number of para-hydroxylation sites is 1. The van der Waals surface area contributed by atoms with Gasteiger partial charge in [0.1, 0.15) is 6.04 Å². The fourth-order valence-electron chi connectivity index (χ4n) is 4.34. The summed E-state index contributed by atoms with van der Waals surface area (Å²) in [5, 5.41) is 13.0. The predicted octanol–water partition coefficient (Wildman–Crippen LogP) is 7.32. The van der Waals surface area contributed by atoms with E-state index in [1.165, 1.54) is 70.6 Å². The van der Waals surface area contributed by atoms with Crippen LogP contribution in [0, 0.1) is 11.8 Å². The summed E-state index contributed by atoms with van der Waals surface area (Å²) < 4.78 is 0. The number of aliphatic carboxylic acids is 1. The van der Waals surface area contributed by atoms with Crippen molar-refractivity contribution in [2.45, 2.75) is 109 Å². The van der Waals surface area contributed by atoms with Crippen molar-refractivity contribution in [1.82, 2.24) is 10.3 Å². The molecule has 5 nitrogen and oxygen atoms in total. The highest BCUT2D eigenvalue weighted by molar-refractivity contribution is 5.96. The summed E-state index contributed by atoms with van der Waals surface area (Å²) in [6.45, 7) is 2.26. The largest absolute Gasteiger partial charge is 0.480 e. The van der Waals surface area contributed by atoms with Crippen molar-refractivity contribution in [3.8, 4) is 11.8 Å². The maximum absolute atomic E-state index is 12.1. The highest BCUT2D eigenvalue weighted by Gasteiger charge is 2.21. The van der Waals surface area contributed by atoms with Crippen LogP contribution in [0.1, 0.15) is 102 Å². The number of nitrogens with one attached hydrogen (secondary N) is 2.